The summed E-state index contributed by atoms with van der Waals surface area (Å²) < 4.78 is 25.4. The highest BCUT2D eigenvalue weighted by Crippen LogP contribution is 2.33. The Balaban J connectivity index is 1.70. The monoisotopic (exact) mass is 266 g/mol. The highest BCUT2D eigenvalue weighted by atomic mass is 19.3. The van der Waals surface area contributed by atoms with Gasteiger partial charge in [0.1, 0.15) is 0 Å². The summed E-state index contributed by atoms with van der Waals surface area (Å²) in [5.74, 6) is 1.45. The van der Waals surface area contributed by atoms with Gasteiger partial charge in [0.25, 0.3) is 6.43 Å². The fourth-order valence-corrected chi connectivity index (χ4v) is 3.53. The molecule has 2 fully saturated rings. The Labute approximate surface area is 112 Å². The van der Waals surface area contributed by atoms with Crippen molar-refractivity contribution < 1.29 is 8.78 Å². The number of halogens is 2. The number of rotatable bonds is 3. The molecule has 1 N–H and O–H groups in total. The first kappa shape index (κ1) is 13.0. The molecule has 4 heteroatoms. The molecule has 0 radical (unpaired) electrons. The molecule has 1 aromatic rings. The molecular weight excluding hydrogens is 246 g/mol. The molecule has 3 atom stereocenters. The summed E-state index contributed by atoms with van der Waals surface area (Å²) in [5.41, 5.74) is 1.13. The number of hydrogen-bond acceptors (Lipinski definition) is 2. The van der Waals surface area contributed by atoms with E-state index in [2.05, 4.69) is 17.1 Å². The predicted octanol–water partition coefficient (Wildman–Crippen LogP) is 2.66. The van der Waals surface area contributed by atoms with Crippen LogP contribution in [-0.2, 0) is 6.54 Å². The Morgan fingerprint density at radius 1 is 1.37 bits per heavy atom. The molecule has 2 saturated heterocycles. The van der Waals surface area contributed by atoms with Gasteiger partial charge in [-0.15, -0.1) is 0 Å². The maximum absolute atomic E-state index is 12.7. The van der Waals surface area contributed by atoms with Gasteiger partial charge in [-0.05, 0) is 43.5 Å². The Hall–Kier alpha value is -1.00. The van der Waals surface area contributed by atoms with Gasteiger partial charge in [-0.1, -0.05) is 18.2 Å². The zero-order valence-corrected chi connectivity index (χ0v) is 11.2. The van der Waals surface area contributed by atoms with Gasteiger partial charge in [0.05, 0.1) is 0 Å². The summed E-state index contributed by atoms with van der Waals surface area (Å²) in [4.78, 5) is 2.43. The van der Waals surface area contributed by atoms with Gasteiger partial charge in [-0.25, -0.2) is 8.78 Å². The van der Waals surface area contributed by atoms with Gasteiger partial charge in [0.15, 0.2) is 0 Å². The first-order valence-electron chi connectivity index (χ1n) is 6.97. The summed E-state index contributed by atoms with van der Waals surface area (Å²) in [6.45, 7) is 6.32. The number of likely N-dealkylation sites (tertiary alicyclic amines) is 1. The topological polar surface area (TPSA) is 15.3 Å². The minimum atomic E-state index is -2.38. The van der Waals surface area contributed by atoms with Crippen LogP contribution in [0, 0.1) is 11.8 Å². The molecule has 2 heterocycles. The van der Waals surface area contributed by atoms with Crippen LogP contribution >= 0.6 is 0 Å². The Morgan fingerprint density at radius 2 is 2.21 bits per heavy atom. The van der Waals surface area contributed by atoms with Crippen LogP contribution in [0.5, 0.6) is 0 Å². The lowest BCUT2D eigenvalue weighted by atomic mass is 9.95. The quantitative estimate of drug-likeness (QED) is 0.905. The minimum Gasteiger partial charge on any atom is -0.316 e. The van der Waals surface area contributed by atoms with Crippen LogP contribution in [0.25, 0.3) is 0 Å². The molecule has 2 nitrogen and oxygen atoms in total. The molecule has 0 aliphatic carbocycles. The van der Waals surface area contributed by atoms with Crippen LogP contribution in [0.4, 0.5) is 8.78 Å². The zero-order valence-electron chi connectivity index (χ0n) is 11.2. The first-order valence-corrected chi connectivity index (χ1v) is 6.97. The van der Waals surface area contributed by atoms with Gasteiger partial charge >= 0.3 is 0 Å². The average molecular weight is 266 g/mol. The normalized spacial score (nSPS) is 31.1. The van der Waals surface area contributed by atoms with Crippen molar-refractivity contribution in [2.75, 3.05) is 19.6 Å². The number of nitrogens with zero attached hydrogens (tertiary/aromatic N) is 1. The van der Waals surface area contributed by atoms with Crippen molar-refractivity contribution in [3.8, 4) is 0 Å². The molecule has 0 saturated carbocycles. The second-order valence-electron chi connectivity index (χ2n) is 5.80. The molecule has 1 aromatic carbocycles. The van der Waals surface area contributed by atoms with Gasteiger partial charge in [-0.3, -0.25) is 4.90 Å². The standard InChI is InChI=1S/C15H20F2N2/c1-10-14-7-18-6-13(14)9-19(10)8-11-3-2-4-12(5-11)15(16)17/h2-5,10,13-15,18H,6-9H2,1H3. The van der Waals surface area contributed by atoms with Crippen LogP contribution < -0.4 is 5.32 Å². The molecule has 3 rings (SSSR count). The Bertz CT molecular complexity index is 450. The molecule has 0 amide bonds. The largest absolute Gasteiger partial charge is 0.316 e. The SMILES string of the molecule is CC1C2CNCC2CN1Cc1cccc(C(F)F)c1. The predicted molar refractivity (Wildman–Crippen MR) is 71.1 cm³/mol. The lowest BCUT2D eigenvalue weighted by Gasteiger charge is -2.24. The fraction of sp³-hybridized carbons (Fsp3) is 0.600. The first-order chi connectivity index (χ1) is 9.15. The zero-order chi connectivity index (χ0) is 13.4. The van der Waals surface area contributed by atoms with Gasteiger partial charge in [0.2, 0.25) is 0 Å². The highest BCUT2D eigenvalue weighted by Gasteiger charge is 2.41. The summed E-state index contributed by atoms with van der Waals surface area (Å²) in [7, 11) is 0. The van der Waals surface area contributed by atoms with Crippen molar-refractivity contribution in [2.45, 2.75) is 25.9 Å². The molecule has 2 aliphatic rings. The number of fused-ring (bicyclic) bond motifs is 1. The molecule has 19 heavy (non-hydrogen) atoms. The third kappa shape index (κ3) is 2.51. The van der Waals surface area contributed by atoms with E-state index in [-0.39, 0.29) is 5.56 Å². The number of alkyl halides is 2. The van der Waals surface area contributed by atoms with E-state index < -0.39 is 6.43 Å². The van der Waals surface area contributed by atoms with Crippen molar-refractivity contribution in [1.82, 2.24) is 10.2 Å². The molecular formula is C15H20F2N2. The summed E-state index contributed by atoms with van der Waals surface area (Å²) in [6, 6.07) is 7.37. The number of nitrogens with one attached hydrogen (secondary N) is 1. The number of benzene rings is 1. The molecule has 2 aliphatic heterocycles. The Kier molecular flexibility index (Phi) is 3.54. The maximum atomic E-state index is 12.7. The smallest absolute Gasteiger partial charge is 0.263 e. The van der Waals surface area contributed by atoms with Gasteiger partial charge < -0.3 is 5.32 Å². The van der Waals surface area contributed by atoms with Gasteiger partial charge in [-0.2, -0.15) is 0 Å². The van der Waals surface area contributed by atoms with Gasteiger partial charge in [0, 0.05) is 24.7 Å². The fourth-order valence-electron chi connectivity index (χ4n) is 3.53. The minimum absolute atomic E-state index is 0.131. The molecule has 0 aromatic heterocycles. The van der Waals surface area contributed by atoms with Crippen molar-refractivity contribution in [3.05, 3.63) is 35.4 Å². The third-order valence-corrected chi connectivity index (χ3v) is 4.65. The van der Waals surface area contributed by atoms with Crippen molar-refractivity contribution in [2.24, 2.45) is 11.8 Å². The van der Waals surface area contributed by atoms with E-state index in [9.17, 15) is 8.78 Å². The molecule has 104 valence electrons. The Morgan fingerprint density at radius 3 is 2.95 bits per heavy atom. The van der Waals surface area contributed by atoms with Crippen LogP contribution in [0.1, 0.15) is 24.5 Å². The molecule has 0 spiro atoms. The summed E-state index contributed by atoms with van der Waals surface area (Å²) in [5, 5.41) is 3.44. The van der Waals surface area contributed by atoms with E-state index >= 15 is 0 Å². The highest BCUT2D eigenvalue weighted by molar-refractivity contribution is 5.24. The second kappa shape index (κ2) is 5.17. The van der Waals surface area contributed by atoms with E-state index in [1.807, 2.05) is 6.07 Å². The van der Waals surface area contributed by atoms with E-state index in [1.54, 1.807) is 12.1 Å². The van der Waals surface area contributed by atoms with E-state index in [0.717, 1.165) is 43.6 Å². The van der Waals surface area contributed by atoms with Crippen molar-refractivity contribution >= 4 is 0 Å². The van der Waals surface area contributed by atoms with Crippen LogP contribution in [0.3, 0.4) is 0 Å². The molecule has 3 unspecified atom stereocenters. The lowest BCUT2D eigenvalue weighted by Crippen LogP contribution is -2.32. The van der Waals surface area contributed by atoms with Crippen molar-refractivity contribution in [3.63, 3.8) is 0 Å². The molecule has 0 bridgehead atoms. The van der Waals surface area contributed by atoms with Crippen molar-refractivity contribution in [1.29, 1.82) is 0 Å². The average Bonchev–Trinajstić information content (AvgIpc) is 2.95. The number of hydrogen-bond donors (Lipinski definition) is 1. The van der Waals surface area contributed by atoms with Crippen LogP contribution in [0.15, 0.2) is 24.3 Å². The second-order valence-corrected chi connectivity index (χ2v) is 5.80. The van der Waals surface area contributed by atoms with E-state index in [4.69, 9.17) is 0 Å². The van der Waals surface area contributed by atoms with Crippen LogP contribution in [0.2, 0.25) is 0 Å². The summed E-state index contributed by atoms with van der Waals surface area (Å²) >= 11 is 0. The third-order valence-electron chi connectivity index (χ3n) is 4.65. The van der Waals surface area contributed by atoms with E-state index in [1.165, 1.54) is 6.07 Å². The maximum Gasteiger partial charge on any atom is 0.263 e. The van der Waals surface area contributed by atoms with Crippen LogP contribution in [-0.4, -0.2) is 30.6 Å². The lowest BCUT2D eigenvalue weighted by molar-refractivity contribution is 0.151. The van der Waals surface area contributed by atoms with E-state index in [0.29, 0.717) is 6.04 Å². The summed E-state index contributed by atoms with van der Waals surface area (Å²) in [6.07, 6.45) is -2.38.